The fraction of sp³-hybridized carbons (Fsp3) is 0.364. The number of aromatic nitrogens is 3. The lowest BCUT2D eigenvalue weighted by Crippen LogP contribution is -2.62. The van der Waals surface area contributed by atoms with E-state index in [1.165, 1.54) is 10.9 Å². The third kappa shape index (κ3) is 3.44. The van der Waals surface area contributed by atoms with Gasteiger partial charge in [-0.25, -0.2) is 13.2 Å². The van der Waals surface area contributed by atoms with Crippen molar-refractivity contribution in [2.75, 3.05) is 18.1 Å². The zero-order chi connectivity index (χ0) is 24.1. The summed E-state index contributed by atoms with van der Waals surface area (Å²) in [5.74, 6) is -5.25. The number of carbonyl (C=O) groups is 1. The fourth-order valence-electron chi connectivity index (χ4n) is 4.54. The summed E-state index contributed by atoms with van der Waals surface area (Å²) in [5, 5.41) is 21.0. The molecule has 0 radical (unpaired) electrons. The molecule has 2 aliphatic rings. The van der Waals surface area contributed by atoms with Gasteiger partial charge in [0, 0.05) is 25.7 Å². The number of fused-ring (bicyclic) bond motifs is 3. The van der Waals surface area contributed by atoms with Crippen LogP contribution in [-0.2, 0) is 6.42 Å². The van der Waals surface area contributed by atoms with Crippen molar-refractivity contribution in [3.05, 3.63) is 62.3 Å². The van der Waals surface area contributed by atoms with E-state index in [1.807, 2.05) is 11.9 Å². The van der Waals surface area contributed by atoms with E-state index in [-0.39, 0.29) is 39.4 Å². The molecule has 3 aromatic rings. The number of hydrogen-bond donors (Lipinski definition) is 1. The predicted molar refractivity (Wildman–Crippen MR) is 118 cm³/mol. The summed E-state index contributed by atoms with van der Waals surface area (Å²) in [7, 11) is 0. The van der Waals surface area contributed by atoms with Crippen LogP contribution in [0.4, 0.5) is 13.2 Å². The number of halogens is 3. The van der Waals surface area contributed by atoms with Gasteiger partial charge in [0.1, 0.15) is 11.2 Å². The van der Waals surface area contributed by atoms with E-state index < -0.39 is 34.5 Å². The van der Waals surface area contributed by atoms with Crippen LogP contribution in [0.2, 0.25) is 0 Å². The Labute approximate surface area is 195 Å². The Balaban J connectivity index is 1.55. The van der Waals surface area contributed by atoms with Gasteiger partial charge >= 0.3 is 0 Å². The van der Waals surface area contributed by atoms with Crippen molar-refractivity contribution in [1.29, 1.82) is 0 Å². The number of benzene rings is 1. The monoisotopic (exact) mass is 491 g/mol. The summed E-state index contributed by atoms with van der Waals surface area (Å²) in [6, 6.07) is 1.95. The summed E-state index contributed by atoms with van der Waals surface area (Å²) < 4.78 is 42.3. The second-order valence-electron chi connectivity index (χ2n) is 8.16. The first-order valence-electron chi connectivity index (χ1n) is 10.8. The SMILES string of the molecule is CCN1C(=O)c2c(O)c(=O)c(-c3nnc(Cc4ccc(F)c(F)c4F)s3)cn2N2CCCC[C@H]12. The van der Waals surface area contributed by atoms with Crippen LogP contribution in [0.1, 0.15) is 47.2 Å². The summed E-state index contributed by atoms with van der Waals surface area (Å²) >= 11 is 0.965. The van der Waals surface area contributed by atoms with Crippen LogP contribution in [0.25, 0.3) is 10.6 Å². The maximum Gasteiger partial charge on any atom is 0.278 e. The maximum atomic E-state index is 14.1. The first kappa shape index (κ1) is 22.4. The molecule has 0 aliphatic carbocycles. The number of amides is 1. The minimum Gasteiger partial charge on any atom is -0.502 e. The van der Waals surface area contributed by atoms with Crippen molar-refractivity contribution < 1.29 is 23.1 Å². The third-order valence-electron chi connectivity index (χ3n) is 6.20. The van der Waals surface area contributed by atoms with Gasteiger partial charge in [-0.1, -0.05) is 17.4 Å². The van der Waals surface area contributed by atoms with Crippen molar-refractivity contribution in [3.8, 4) is 16.3 Å². The van der Waals surface area contributed by atoms with Gasteiger partial charge in [0.2, 0.25) is 5.43 Å². The van der Waals surface area contributed by atoms with E-state index in [2.05, 4.69) is 10.2 Å². The Bertz CT molecular complexity index is 1360. The Kier molecular flexibility index (Phi) is 5.54. The number of piperidine rings is 1. The molecule has 34 heavy (non-hydrogen) atoms. The molecule has 0 saturated carbocycles. The van der Waals surface area contributed by atoms with Gasteiger partial charge in [0.05, 0.1) is 5.56 Å². The molecule has 178 valence electrons. The van der Waals surface area contributed by atoms with Crippen molar-refractivity contribution in [1.82, 2.24) is 19.8 Å². The van der Waals surface area contributed by atoms with Crippen molar-refractivity contribution >= 4 is 17.2 Å². The number of aromatic hydroxyl groups is 1. The van der Waals surface area contributed by atoms with E-state index in [9.17, 15) is 27.9 Å². The molecule has 2 aromatic heterocycles. The molecule has 1 saturated heterocycles. The zero-order valence-electron chi connectivity index (χ0n) is 18.1. The first-order chi connectivity index (χ1) is 16.3. The molecule has 1 atom stereocenters. The average molecular weight is 491 g/mol. The highest BCUT2D eigenvalue weighted by Crippen LogP contribution is 2.32. The molecule has 2 aliphatic heterocycles. The van der Waals surface area contributed by atoms with Gasteiger partial charge in [0.25, 0.3) is 5.91 Å². The molecule has 1 amide bonds. The lowest BCUT2D eigenvalue weighted by molar-refractivity contribution is 0.0536. The molecule has 0 bridgehead atoms. The average Bonchev–Trinajstić information content (AvgIpc) is 3.30. The molecule has 1 aromatic carbocycles. The highest BCUT2D eigenvalue weighted by atomic mass is 32.1. The quantitative estimate of drug-likeness (QED) is 0.565. The number of carbonyl (C=O) groups excluding carboxylic acids is 1. The van der Waals surface area contributed by atoms with Crippen LogP contribution in [0, 0.1) is 17.5 Å². The summed E-state index contributed by atoms with van der Waals surface area (Å²) in [5.41, 5.74) is -0.930. The molecule has 0 unspecified atom stereocenters. The first-order valence-corrected chi connectivity index (χ1v) is 11.6. The summed E-state index contributed by atoms with van der Waals surface area (Å²) in [4.78, 5) is 27.7. The topological polar surface area (TPSA) is 91.6 Å². The van der Waals surface area contributed by atoms with Crippen molar-refractivity contribution in [2.45, 2.75) is 38.8 Å². The Morgan fingerprint density at radius 3 is 2.71 bits per heavy atom. The molecule has 5 rings (SSSR count). The van der Waals surface area contributed by atoms with Crippen molar-refractivity contribution in [2.24, 2.45) is 0 Å². The second-order valence-corrected chi connectivity index (χ2v) is 9.22. The van der Waals surface area contributed by atoms with Crippen LogP contribution >= 0.6 is 11.3 Å². The molecule has 12 heteroatoms. The van der Waals surface area contributed by atoms with Crippen LogP contribution in [0.3, 0.4) is 0 Å². The van der Waals surface area contributed by atoms with Crippen LogP contribution in [0.15, 0.2) is 23.1 Å². The zero-order valence-corrected chi connectivity index (χ0v) is 18.9. The fourth-order valence-corrected chi connectivity index (χ4v) is 5.40. The van der Waals surface area contributed by atoms with E-state index >= 15 is 0 Å². The lowest BCUT2D eigenvalue weighted by atomic mass is 10.1. The number of pyridine rings is 1. The summed E-state index contributed by atoms with van der Waals surface area (Å²) in [6.45, 7) is 2.93. The Morgan fingerprint density at radius 2 is 1.94 bits per heavy atom. The molecule has 1 fully saturated rings. The Hall–Kier alpha value is -3.41. The van der Waals surface area contributed by atoms with E-state index in [1.54, 1.807) is 4.90 Å². The van der Waals surface area contributed by atoms with Gasteiger partial charge in [0.15, 0.2) is 33.9 Å². The molecule has 8 nitrogen and oxygen atoms in total. The van der Waals surface area contributed by atoms with Gasteiger partial charge in [-0.15, -0.1) is 10.2 Å². The highest BCUT2D eigenvalue weighted by Gasteiger charge is 2.40. The maximum absolute atomic E-state index is 14.1. The number of hydrogen-bond acceptors (Lipinski definition) is 7. The smallest absolute Gasteiger partial charge is 0.278 e. The predicted octanol–water partition coefficient (Wildman–Crippen LogP) is 3.00. The standard InChI is InChI=1S/C22H20F3N5O3S/c1-2-28-15-5-3-4-8-29(15)30-10-12(19(31)20(32)18(30)22(28)33)21-27-26-14(34-21)9-11-6-7-13(23)17(25)16(11)24/h6-7,10,15,32H,2-5,8-9H2,1H3/t15-/m1/s1. The second kappa shape index (κ2) is 8.42. The highest BCUT2D eigenvalue weighted by molar-refractivity contribution is 7.14. The van der Waals surface area contributed by atoms with Gasteiger partial charge in [-0.05, 0) is 37.8 Å². The van der Waals surface area contributed by atoms with Crippen LogP contribution in [-0.4, -0.2) is 50.0 Å². The summed E-state index contributed by atoms with van der Waals surface area (Å²) in [6.07, 6.45) is 3.76. The molecule has 1 N–H and O–H groups in total. The van der Waals surface area contributed by atoms with E-state index in [4.69, 9.17) is 0 Å². The largest absolute Gasteiger partial charge is 0.502 e. The lowest BCUT2D eigenvalue weighted by Gasteiger charge is -2.48. The molecular weight excluding hydrogens is 471 g/mol. The van der Waals surface area contributed by atoms with Crippen molar-refractivity contribution in [3.63, 3.8) is 0 Å². The molecule has 0 spiro atoms. The number of nitrogens with zero attached hydrogens (tertiary/aromatic N) is 5. The number of rotatable bonds is 4. The molecular formula is C22H20F3N5O3S. The van der Waals surface area contributed by atoms with Crippen LogP contribution < -0.4 is 10.4 Å². The van der Waals surface area contributed by atoms with E-state index in [0.717, 1.165) is 42.7 Å². The Morgan fingerprint density at radius 1 is 1.15 bits per heavy atom. The third-order valence-corrected chi connectivity index (χ3v) is 7.16. The van der Waals surface area contributed by atoms with Crippen LogP contribution in [0.5, 0.6) is 5.75 Å². The molecule has 4 heterocycles. The van der Waals surface area contributed by atoms with Gasteiger partial charge < -0.3 is 10.0 Å². The minimum absolute atomic E-state index is 0.0397. The minimum atomic E-state index is -1.57. The van der Waals surface area contributed by atoms with E-state index in [0.29, 0.717) is 13.1 Å². The van der Waals surface area contributed by atoms with Gasteiger partial charge in [-0.2, -0.15) is 0 Å². The normalized spacial score (nSPS) is 17.6. The van der Waals surface area contributed by atoms with Gasteiger partial charge in [-0.3, -0.25) is 19.3 Å².